The molecule has 0 heterocycles. The summed E-state index contributed by atoms with van der Waals surface area (Å²) in [5.41, 5.74) is 0. The Hall–Kier alpha value is -3.12. The van der Waals surface area contributed by atoms with Crippen LogP contribution in [0.3, 0.4) is 0 Å². The minimum absolute atomic E-state index is 0. The summed E-state index contributed by atoms with van der Waals surface area (Å²) >= 11 is 0. The average Bonchev–Trinajstić information content (AvgIpc) is 3.91. The molecule has 7 rings (SSSR count). The topological polar surface area (TPSA) is 56.9 Å². The molecule has 1 aliphatic carbocycles. The molecule has 299 valence electrons. The van der Waals surface area contributed by atoms with Gasteiger partial charge in [-0.3, -0.25) is 6.29 Å². The van der Waals surface area contributed by atoms with Crippen LogP contribution in [0.25, 0.3) is 0 Å². The van der Waals surface area contributed by atoms with E-state index in [0.29, 0.717) is 0 Å². The molecule has 0 aromatic heterocycles. The fraction of sp³-hybridized carbons (Fsp3) is 0.137. The van der Waals surface area contributed by atoms with E-state index in [4.69, 9.17) is 14.1 Å². The first-order chi connectivity index (χ1) is 28.8. The van der Waals surface area contributed by atoms with Crippen molar-refractivity contribution in [2.75, 3.05) is 37.0 Å². The van der Waals surface area contributed by atoms with Crippen LogP contribution >= 0.6 is 31.7 Å². The molecule has 1 fully saturated rings. The summed E-state index contributed by atoms with van der Waals surface area (Å²) in [5.74, 6) is 0. The first kappa shape index (κ1) is 52.0. The minimum Gasteiger partial charge on any atom is -0.0746 e. The first-order valence-electron chi connectivity index (χ1n) is 19.0. The van der Waals surface area contributed by atoms with E-state index in [1.165, 1.54) is 71.4 Å². The summed E-state index contributed by atoms with van der Waals surface area (Å²) in [4.78, 5) is 8.68. The monoisotopic (exact) mass is 932 g/mol. The molecular weight excluding hydrogens is 880 g/mol. The largest absolute Gasteiger partial charge is 0.0746 e. The van der Waals surface area contributed by atoms with E-state index in [1.54, 1.807) is 10.6 Å². The zero-order chi connectivity index (χ0) is 41.5. The van der Waals surface area contributed by atoms with Crippen molar-refractivity contribution in [1.29, 1.82) is 0 Å². The van der Waals surface area contributed by atoms with Crippen molar-refractivity contribution < 1.29 is 35.2 Å². The fourth-order valence-corrected chi connectivity index (χ4v) is 18.2. The van der Waals surface area contributed by atoms with E-state index >= 15 is 0 Å². The van der Waals surface area contributed by atoms with Gasteiger partial charge in [-0.25, -0.2) is 0 Å². The van der Waals surface area contributed by atoms with E-state index in [0.717, 1.165) is 0 Å². The van der Waals surface area contributed by atoms with Crippen molar-refractivity contribution in [2.45, 2.75) is 6.92 Å². The van der Waals surface area contributed by atoms with Gasteiger partial charge in [-0.2, -0.15) is 6.92 Å². The van der Waals surface area contributed by atoms with Crippen molar-refractivity contribution in [3.63, 3.8) is 0 Å². The molecule has 0 bridgehead atoms. The number of hydrogen-bond acceptors (Lipinski definition) is 1. The van der Waals surface area contributed by atoms with Gasteiger partial charge in [0.2, 0.25) is 0 Å². The minimum atomic E-state index is -0.386. The smallest absolute Gasteiger partial charge is 0 e. The number of hydrogen-bond donors (Lipinski definition) is 0. The van der Waals surface area contributed by atoms with Gasteiger partial charge in [-0.05, 0) is 117 Å². The number of benzene rings is 6. The molecule has 3 nitrogen and oxygen atoms in total. The molecule has 0 amide bonds. The van der Waals surface area contributed by atoms with Gasteiger partial charge >= 0.3 is 22.6 Å². The van der Waals surface area contributed by atoms with Crippen molar-refractivity contribution in [1.82, 2.24) is 0 Å². The van der Waals surface area contributed by atoms with Gasteiger partial charge in [0.15, 0.2) is 0 Å². The van der Waals surface area contributed by atoms with E-state index < -0.39 is 0 Å². The van der Waals surface area contributed by atoms with E-state index in [-0.39, 0.29) is 52.8 Å². The molecule has 1 aliphatic rings. The Morgan fingerprint density at radius 2 is 0.525 bits per heavy atom. The predicted octanol–water partition coefficient (Wildman–Crippen LogP) is 9.93. The second-order valence-electron chi connectivity index (χ2n) is 12.5. The third-order valence-electron chi connectivity index (χ3n) is 8.90. The van der Waals surface area contributed by atoms with E-state index in [1.807, 2.05) is 32.1 Å². The summed E-state index contributed by atoms with van der Waals surface area (Å²) in [6.07, 6.45) is 19.1. The average molecular weight is 931 g/mol. The summed E-state index contributed by atoms with van der Waals surface area (Å²) in [7, 11) is -1.31. The zero-order valence-electron chi connectivity index (χ0n) is 33.4. The van der Waals surface area contributed by atoms with Gasteiger partial charge in [0.1, 0.15) is 0 Å². The molecule has 2 unspecified atom stereocenters. The Kier molecular flexibility index (Phi) is 29.6. The van der Waals surface area contributed by atoms with Crippen LogP contribution in [0.2, 0.25) is 0 Å². The molecular formula is C51H50MoO3P4-. The van der Waals surface area contributed by atoms with Crippen LogP contribution in [0.5, 0.6) is 0 Å². The van der Waals surface area contributed by atoms with E-state index in [9.17, 15) is 0 Å². The van der Waals surface area contributed by atoms with E-state index in [2.05, 4.69) is 195 Å². The maximum Gasteiger partial charge on any atom is 0 e. The van der Waals surface area contributed by atoms with Crippen molar-refractivity contribution >= 4 is 69.8 Å². The molecule has 0 N–H and O–H groups in total. The normalized spacial score (nSPS) is 12.2. The number of carbonyl (C=O) groups excluding carboxylic acids is 1. The van der Waals surface area contributed by atoms with Crippen LogP contribution in [0.15, 0.2) is 182 Å². The third-order valence-corrected chi connectivity index (χ3v) is 20.1. The van der Waals surface area contributed by atoms with Gasteiger partial charge in [-0.1, -0.05) is 198 Å². The second-order valence-corrected chi connectivity index (χ2v) is 22.1. The van der Waals surface area contributed by atoms with Crippen molar-refractivity contribution in [2.24, 2.45) is 0 Å². The molecule has 8 heteroatoms. The summed E-state index contributed by atoms with van der Waals surface area (Å²) in [6, 6.07) is 67.9. The molecule has 6 aromatic carbocycles. The van der Waals surface area contributed by atoms with Crippen LogP contribution in [0, 0.1) is 45.4 Å². The van der Waals surface area contributed by atoms with Crippen LogP contribution < -0.4 is 31.8 Å². The molecule has 6 aromatic rings. The zero-order valence-corrected chi connectivity index (χ0v) is 39.0. The van der Waals surface area contributed by atoms with Gasteiger partial charge in [-0.15, -0.1) is 0 Å². The van der Waals surface area contributed by atoms with Crippen LogP contribution in [-0.4, -0.2) is 43.3 Å². The van der Waals surface area contributed by atoms with Crippen LogP contribution in [-0.2, 0) is 35.2 Å². The van der Waals surface area contributed by atoms with Gasteiger partial charge < -0.3 is 4.79 Å². The molecule has 59 heavy (non-hydrogen) atoms. The summed E-state index contributed by atoms with van der Waals surface area (Å²) in [5, 5.41) is 9.10. The molecule has 2 atom stereocenters. The summed E-state index contributed by atoms with van der Waals surface area (Å²) in [6.45, 7) is 10.3. The Labute approximate surface area is 374 Å². The molecule has 0 aliphatic heterocycles. The van der Waals surface area contributed by atoms with Gasteiger partial charge in [0.05, 0.1) is 0 Å². The van der Waals surface area contributed by atoms with Crippen molar-refractivity contribution in [3.8, 4) is 0 Å². The molecule has 5 radical (unpaired) electrons. The Balaban J connectivity index is 0.000000817. The van der Waals surface area contributed by atoms with Crippen LogP contribution in [0.1, 0.15) is 6.92 Å². The molecule has 1 saturated carbocycles. The SMILES string of the molecule is C[C-]=O.[C-]#[O+].[C-]#[O+].[CH]1[CH][CH][CH][CH]1.[Mo].c1ccc(P(CCP(CCP(c2ccccc2)c2ccccc2)c2ccccc2)CCP(c2ccccc2)c2ccccc2)cc1. The quantitative estimate of drug-likeness (QED) is 0.0438. The standard InChI is InChI=1S/C42H42P4.C5H5.C2H3O.2CO.Mo/c1-7-19-37(20-8-1)43(33-35-45(39-23-11-3-12-24-39)40-25-13-4-14-26-40)31-32-44(38-21-9-2-10-22-38)34-36-46(41-27-15-5-16-28-41)42-29-17-6-18-30-42;1-2-4-5-3-1;1-2-3;2*1-2;/h1-30H,31-36H2;1-5H;1H3;;;/q;;-1;;;. The fourth-order valence-electron chi connectivity index (χ4n) is 6.27. The molecule has 0 saturated heterocycles. The third kappa shape index (κ3) is 19.4. The van der Waals surface area contributed by atoms with Gasteiger partial charge in [0, 0.05) is 21.1 Å². The van der Waals surface area contributed by atoms with Crippen LogP contribution in [0.4, 0.5) is 0 Å². The van der Waals surface area contributed by atoms with Crippen molar-refractivity contribution in [3.05, 3.63) is 227 Å². The second kappa shape index (κ2) is 33.6. The maximum atomic E-state index is 8.68. The molecule has 0 spiro atoms. The Bertz CT molecular complexity index is 1710. The number of rotatable bonds is 15. The Morgan fingerprint density at radius 3 is 0.729 bits per heavy atom. The first-order valence-corrected chi connectivity index (χ1v) is 25.5. The summed E-state index contributed by atoms with van der Waals surface area (Å²) < 4.78 is 15.0. The Morgan fingerprint density at radius 1 is 0.356 bits per heavy atom. The predicted molar refractivity (Wildman–Crippen MR) is 254 cm³/mol. The maximum absolute atomic E-state index is 8.68. The van der Waals surface area contributed by atoms with Gasteiger partial charge in [0.25, 0.3) is 0 Å².